The standard InChI is InChI=1S/C25H34N6O3/c1-30(2)22-8-4-3-7-19(22)17-31-13-12-21(18-31)28-23-16-26-20(15-27-23)10-11-24(32)29-34-25-9-5-6-14-33-25/h3-4,7-8,10-11,15-16,21,25H,5-6,9,12-14,17-18H2,1-2H3,(H,27,28)(H,29,32)/t21-,25?/m1/s1. The van der Waals surface area contributed by atoms with Crippen LogP contribution >= 0.6 is 0 Å². The number of ether oxygens (including phenoxy) is 1. The minimum Gasteiger partial charge on any atom is -0.377 e. The van der Waals surface area contributed by atoms with Crippen molar-refractivity contribution in [2.24, 2.45) is 0 Å². The molecule has 4 rings (SSSR count). The van der Waals surface area contributed by atoms with Crippen molar-refractivity contribution in [2.75, 3.05) is 44.0 Å². The molecule has 2 aliphatic rings. The highest BCUT2D eigenvalue weighted by Crippen LogP contribution is 2.23. The van der Waals surface area contributed by atoms with Crippen LogP contribution < -0.4 is 15.7 Å². The van der Waals surface area contributed by atoms with E-state index < -0.39 is 0 Å². The monoisotopic (exact) mass is 466 g/mol. The molecule has 0 bridgehead atoms. The van der Waals surface area contributed by atoms with E-state index in [0.717, 1.165) is 51.1 Å². The van der Waals surface area contributed by atoms with Crippen molar-refractivity contribution in [1.82, 2.24) is 20.3 Å². The summed E-state index contributed by atoms with van der Waals surface area (Å²) in [6.07, 6.45) is 9.87. The third-order valence-electron chi connectivity index (χ3n) is 6.00. The van der Waals surface area contributed by atoms with Gasteiger partial charge in [0.1, 0.15) is 5.82 Å². The Morgan fingerprint density at radius 3 is 2.88 bits per heavy atom. The predicted molar refractivity (Wildman–Crippen MR) is 132 cm³/mol. The summed E-state index contributed by atoms with van der Waals surface area (Å²) >= 11 is 0. The van der Waals surface area contributed by atoms with Gasteiger partial charge in [0.25, 0.3) is 5.91 Å². The molecule has 2 fully saturated rings. The van der Waals surface area contributed by atoms with Gasteiger partial charge in [0.05, 0.1) is 18.1 Å². The average molecular weight is 467 g/mol. The second-order valence-electron chi connectivity index (χ2n) is 8.93. The van der Waals surface area contributed by atoms with Crippen LogP contribution in [0.3, 0.4) is 0 Å². The van der Waals surface area contributed by atoms with Crippen molar-refractivity contribution in [3.63, 3.8) is 0 Å². The number of anilines is 2. The van der Waals surface area contributed by atoms with Crippen LogP contribution in [0.5, 0.6) is 0 Å². The Kier molecular flexibility index (Phi) is 8.46. The van der Waals surface area contributed by atoms with Crippen LogP contribution in [0.4, 0.5) is 11.5 Å². The van der Waals surface area contributed by atoms with E-state index in [-0.39, 0.29) is 12.2 Å². The molecule has 34 heavy (non-hydrogen) atoms. The summed E-state index contributed by atoms with van der Waals surface area (Å²) in [6, 6.07) is 8.87. The van der Waals surface area contributed by atoms with Crippen molar-refractivity contribution in [1.29, 1.82) is 0 Å². The second kappa shape index (κ2) is 11.9. The zero-order chi connectivity index (χ0) is 23.8. The number of hydrogen-bond acceptors (Lipinski definition) is 8. The molecular formula is C25H34N6O3. The average Bonchev–Trinajstić information content (AvgIpc) is 3.29. The summed E-state index contributed by atoms with van der Waals surface area (Å²) in [5.74, 6) is 0.375. The van der Waals surface area contributed by atoms with Crippen LogP contribution in [0.15, 0.2) is 42.7 Å². The van der Waals surface area contributed by atoms with Crippen LogP contribution in [0.25, 0.3) is 6.08 Å². The van der Waals surface area contributed by atoms with Crippen molar-refractivity contribution in [3.8, 4) is 0 Å². The van der Waals surface area contributed by atoms with Gasteiger partial charge in [-0.25, -0.2) is 15.3 Å². The smallest absolute Gasteiger partial charge is 0.267 e. The first kappa shape index (κ1) is 24.1. The summed E-state index contributed by atoms with van der Waals surface area (Å²) in [5.41, 5.74) is 5.59. The number of para-hydroxylation sites is 1. The van der Waals surface area contributed by atoms with E-state index in [1.54, 1.807) is 18.5 Å². The number of nitrogens with one attached hydrogen (secondary N) is 2. The fourth-order valence-electron chi connectivity index (χ4n) is 4.25. The summed E-state index contributed by atoms with van der Waals surface area (Å²) in [5, 5.41) is 3.48. The highest BCUT2D eigenvalue weighted by molar-refractivity contribution is 5.90. The predicted octanol–water partition coefficient (Wildman–Crippen LogP) is 2.82. The zero-order valence-electron chi connectivity index (χ0n) is 19.9. The summed E-state index contributed by atoms with van der Waals surface area (Å²) < 4.78 is 5.41. The van der Waals surface area contributed by atoms with E-state index in [9.17, 15) is 4.79 Å². The molecule has 0 radical (unpaired) electrons. The fraction of sp³-hybridized carbons (Fsp3) is 0.480. The molecule has 2 atom stereocenters. The molecule has 0 spiro atoms. The Hall–Kier alpha value is -3.01. The number of nitrogens with zero attached hydrogens (tertiary/aromatic N) is 4. The molecule has 1 aromatic heterocycles. The van der Waals surface area contributed by atoms with E-state index in [2.05, 4.69) is 68.9 Å². The molecule has 1 unspecified atom stereocenters. The van der Waals surface area contributed by atoms with E-state index in [4.69, 9.17) is 9.57 Å². The quantitative estimate of drug-likeness (QED) is 0.431. The van der Waals surface area contributed by atoms with Gasteiger partial charge in [-0.2, -0.15) is 0 Å². The Balaban J connectivity index is 1.21. The first-order valence-electron chi connectivity index (χ1n) is 11.9. The number of benzene rings is 1. The maximum Gasteiger partial charge on any atom is 0.267 e. The van der Waals surface area contributed by atoms with Gasteiger partial charge in [0, 0.05) is 64.6 Å². The normalized spacial score (nSPS) is 21.0. The summed E-state index contributed by atoms with van der Waals surface area (Å²) in [6.45, 7) is 3.59. The van der Waals surface area contributed by atoms with Crippen molar-refractivity contribution in [2.45, 2.75) is 44.6 Å². The largest absolute Gasteiger partial charge is 0.377 e. The van der Waals surface area contributed by atoms with Gasteiger partial charge >= 0.3 is 0 Å². The van der Waals surface area contributed by atoms with Gasteiger partial charge in [0.15, 0.2) is 6.29 Å². The fourth-order valence-corrected chi connectivity index (χ4v) is 4.25. The molecule has 9 heteroatoms. The Bertz CT molecular complexity index is 959. The van der Waals surface area contributed by atoms with Crippen molar-refractivity contribution in [3.05, 3.63) is 54.0 Å². The van der Waals surface area contributed by atoms with Gasteiger partial charge in [-0.3, -0.25) is 14.7 Å². The zero-order valence-corrected chi connectivity index (χ0v) is 19.9. The number of amides is 1. The Labute approximate surface area is 201 Å². The maximum absolute atomic E-state index is 11.9. The van der Waals surface area contributed by atoms with Gasteiger partial charge in [-0.05, 0) is 37.0 Å². The number of carbonyl (C=O) groups excluding carboxylic acids is 1. The molecule has 2 N–H and O–H groups in total. The van der Waals surface area contributed by atoms with Gasteiger partial charge in [0.2, 0.25) is 0 Å². The van der Waals surface area contributed by atoms with Gasteiger partial charge < -0.3 is 15.0 Å². The first-order valence-corrected chi connectivity index (χ1v) is 11.9. The van der Waals surface area contributed by atoms with Crippen molar-refractivity contribution < 1.29 is 14.4 Å². The number of rotatable bonds is 9. The molecule has 0 saturated carbocycles. The van der Waals surface area contributed by atoms with Crippen LogP contribution in [-0.2, 0) is 20.9 Å². The minimum atomic E-state index is -0.370. The Morgan fingerprint density at radius 1 is 1.24 bits per heavy atom. The molecule has 1 aromatic carbocycles. The lowest BCUT2D eigenvalue weighted by molar-refractivity contribution is -0.198. The van der Waals surface area contributed by atoms with Gasteiger partial charge in [-0.15, -0.1) is 0 Å². The summed E-state index contributed by atoms with van der Waals surface area (Å²) in [7, 11) is 4.16. The molecule has 182 valence electrons. The molecule has 1 amide bonds. The van der Waals surface area contributed by atoms with Crippen LogP contribution in [0, 0.1) is 0 Å². The highest BCUT2D eigenvalue weighted by atomic mass is 16.8. The van der Waals surface area contributed by atoms with Crippen LogP contribution in [0.1, 0.15) is 36.9 Å². The molecule has 0 aliphatic carbocycles. The molecule has 3 heterocycles. The highest BCUT2D eigenvalue weighted by Gasteiger charge is 2.23. The lowest BCUT2D eigenvalue weighted by Gasteiger charge is -2.22. The van der Waals surface area contributed by atoms with E-state index in [1.807, 2.05) is 0 Å². The molecule has 9 nitrogen and oxygen atoms in total. The lowest BCUT2D eigenvalue weighted by Crippen LogP contribution is -2.32. The van der Waals surface area contributed by atoms with Crippen LogP contribution in [0.2, 0.25) is 0 Å². The Morgan fingerprint density at radius 2 is 2.12 bits per heavy atom. The number of likely N-dealkylation sites (tertiary alicyclic amines) is 1. The van der Waals surface area contributed by atoms with Crippen molar-refractivity contribution >= 4 is 23.5 Å². The summed E-state index contributed by atoms with van der Waals surface area (Å²) in [4.78, 5) is 30.7. The molecular weight excluding hydrogens is 432 g/mol. The van der Waals surface area contributed by atoms with Gasteiger partial charge in [-0.1, -0.05) is 18.2 Å². The molecule has 2 saturated heterocycles. The number of aromatic nitrogens is 2. The van der Waals surface area contributed by atoms with Crippen LogP contribution in [-0.4, -0.2) is 66.9 Å². The second-order valence-corrected chi connectivity index (χ2v) is 8.93. The lowest BCUT2D eigenvalue weighted by atomic mass is 10.1. The van der Waals surface area contributed by atoms with E-state index in [1.165, 1.54) is 17.3 Å². The van der Waals surface area contributed by atoms with E-state index in [0.29, 0.717) is 18.3 Å². The third-order valence-corrected chi connectivity index (χ3v) is 6.00. The molecule has 2 aromatic rings. The molecule has 2 aliphatic heterocycles. The number of hydrogen-bond donors (Lipinski definition) is 2. The van der Waals surface area contributed by atoms with E-state index >= 15 is 0 Å². The first-order chi connectivity index (χ1) is 16.6. The maximum atomic E-state index is 11.9. The third kappa shape index (κ3) is 6.99. The SMILES string of the molecule is CN(C)c1ccccc1CN1CC[C@@H](Nc2cnc(C=CC(=O)NOC3CCCCO3)cn2)C1. The number of hydroxylamine groups is 1. The number of carbonyl (C=O) groups is 1. The topological polar surface area (TPSA) is 91.9 Å². The minimum absolute atomic E-state index is 0.326.